The number of thiazole rings is 1. The highest BCUT2D eigenvalue weighted by Gasteiger charge is 2.23. The minimum Gasteiger partial charge on any atom is -0.463 e. The maximum atomic E-state index is 11.8. The van der Waals surface area contributed by atoms with E-state index < -0.39 is 5.97 Å². The molecule has 0 atom stereocenters. The van der Waals surface area contributed by atoms with Crippen molar-refractivity contribution in [2.24, 2.45) is 0 Å². The number of thioether (sulfide) groups is 1. The third-order valence-corrected chi connectivity index (χ3v) is 4.49. The Balaban J connectivity index is 2.10. The number of aromatic nitrogens is 1. The van der Waals surface area contributed by atoms with Crippen molar-refractivity contribution in [3.63, 3.8) is 0 Å². The smallest absolute Gasteiger partial charge is 0.337 e. The van der Waals surface area contributed by atoms with Gasteiger partial charge in [-0.05, 0) is 6.92 Å². The lowest BCUT2D eigenvalue weighted by Gasteiger charge is -2.20. The molecular formula is C11H14N4O3S2. The number of carbonyl (C=O) groups is 2. The molecule has 108 valence electrons. The van der Waals surface area contributed by atoms with Gasteiger partial charge >= 0.3 is 12.0 Å². The highest BCUT2D eigenvalue weighted by Crippen LogP contribution is 2.28. The number of nitrogens with one attached hydrogen (secondary N) is 2. The van der Waals surface area contributed by atoms with E-state index >= 15 is 0 Å². The predicted molar refractivity (Wildman–Crippen MR) is 77.4 cm³/mol. The van der Waals surface area contributed by atoms with Gasteiger partial charge in [0.15, 0.2) is 5.13 Å². The second-order valence-electron chi connectivity index (χ2n) is 3.79. The number of carbonyl (C=O) groups excluding carboxylic acids is 2. The molecule has 0 fully saturated rings. The molecule has 2 amide bonds. The summed E-state index contributed by atoms with van der Waals surface area (Å²) in [6, 6.07) is -0.322. The average molecular weight is 314 g/mol. The minimum absolute atomic E-state index is 0.172. The van der Waals surface area contributed by atoms with E-state index in [0.29, 0.717) is 28.8 Å². The number of ether oxygens (including phenoxy) is 1. The molecule has 0 aromatic carbocycles. The molecule has 0 spiro atoms. The zero-order valence-electron chi connectivity index (χ0n) is 10.8. The molecule has 0 radical (unpaired) electrons. The second-order valence-corrected chi connectivity index (χ2v) is 6.13. The van der Waals surface area contributed by atoms with Crippen molar-refractivity contribution in [2.75, 3.05) is 24.6 Å². The molecular weight excluding hydrogens is 300 g/mol. The van der Waals surface area contributed by atoms with Crippen LogP contribution in [-0.2, 0) is 9.53 Å². The molecule has 9 heteroatoms. The summed E-state index contributed by atoms with van der Waals surface area (Å²) in [6.07, 6.45) is 1.66. The molecule has 1 aliphatic heterocycles. The Kier molecular flexibility index (Phi) is 4.85. The fraction of sp³-hybridized carbons (Fsp3) is 0.364. The Labute approximate surface area is 124 Å². The van der Waals surface area contributed by atoms with E-state index in [1.165, 1.54) is 23.1 Å². The molecule has 2 rings (SSSR count). The van der Waals surface area contributed by atoms with Gasteiger partial charge in [0.2, 0.25) is 0 Å². The summed E-state index contributed by atoms with van der Waals surface area (Å²) in [4.78, 5) is 27.1. The van der Waals surface area contributed by atoms with Gasteiger partial charge in [-0.1, -0.05) is 11.3 Å². The van der Waals surface area contributed by atoms with Crippen LogP contribution in [0.5, 0.6) is 0 Å². The SMILES string of the molecule is CCOC(=O)C1=C(CSc2cnc(N)s2)NC(=O)NC1. The van der Waals surface area contributed by atoms with E-state index in [0.717, 1.165) is 4.21 Å². The lowest BCUT2D eigenvalue weighted by atomic mass is 10.2. The van der Waals surface area contributed by atoms with Gasteiger partial charge in [-0.15, -0.1) is 11.8 Å². The van der Waals surface area contributed by atoms with Crippen molar-refractivity contribution < 1.29 is 14.3 Å². The number of amides is 2. The Morgan fingerprint density at radius 3 is 3.10 bits per heavy atom. The molecule has 0 saturated carbocycles. The fourth-order valence-electron chi connectivity index (χ4n) is 1.55. The van der Waals surface area contributed by atoms with E-state index in [1.54, 1.807) is 13.1 Å². The third-order valence-electron chi connectivity index (χ3n) is 2.44. The molecule has 0 aliphatic carbocycles. The number of nitrogens with two attached hydrogens (primary N) is 1. The van der Waals surface area contributed by atoms with Crippen LogP contribution in [0.4, 0.5) is 9.93 Å². The van der Waals surface area contributed by atoms with Crippen molar-refractivity contribution >= 4 is 40.2 Å². The van der Waals surface area contributed by atoms with E-state index in [9.17, 15) is 9.59 Å². The first-order chi connectivity index (χ1) is 9.60. The summed E-state index contributed by atoms with van der Waals surface area (Å²) < 4.78 is 5.90. The molecule has 1 aromatic heterocycles. The van der Waals surface area contributed by atoms with Crippen LogP contribution in [-0.4, -0.2) is 35.9 Å². The molecule has 4 N–H and O–H groups in total. The molecule has 7 nitrogen and oxygen atoms in total. The first kappa shape index (κ1) is 14.7. The standard InChI is InChI=1S/C11H14N4O3S2/c1-2-18-9(16)6-3-14-11(17)15-7(6)5-19-8-4-13-10(12)20-8/h4H,2-3,5H2,1H3,(H2,12,13)(H2,14,15,17). The number of urea groups is 1. The third kappa shape index (κ3) is 3.64. The van der Waals surface area contributed by atoms with Gasteiger partial charge in [0, 0.05) is 11.4 Å². The van der Waals surface area contributed by atoms with Crippen LogP contribution >= 0.6 is 23.1 Å². The van der Waals surface area contributed by atoms with E-state index in [4.69, 9.17) is 10.5 Å². The number of nitrogens with zero attached hydrogens (tertiary/aromatic N) is 1. The molecule has 2 heterocycles. The van der Waals surface area contributed by atoms with Crippen LogP contribution in [0.2, 0.25) is 0 Å². The summed E-state index contributed by atoms with van der Waals surface area (Å²) in [5.41, 5.74) is 6.55. The number of anilines is 1. The quantitative estimate of drug-likeness (QED) is 0.552. The fourth-order valence-corrected chi connectivity index (χ4v) is 3.30. The van der Waals surface area contributed by atoms with Gasteiger partial charge in [0.1, 0.15) is 0 Å². The molecule has 0 bridgehead atoms. The Bertz CT molecular complexity index is 556. The summed E-state index contributed by atoms with van der Waals surface area (Å²) in [6.45, 7) is 2.20. The van der Waals surface area contributed by atoms with Gasteiger partial charge in [-0.3, -0.25) is 0 Å². The number of hydrogen-bond acceptors (Lipinski definition) is 7. The first-order valence-corrected chi connectivity index (χ1v) is 7.68. The van der Waals surface area contributed by atoms with Crippen molar-refractivity contribution in [2.45, 2.75) is 11.1 Å². The molecule has 0 saturated heterocycles. The minimum atomic E-state index is -0.417. The normalized spacial score (nSPS) is 14.8. The highest BCUT2D eigenvalue weighted by molar-refractivity contribution is 8.01. The maximum Gasteiger partial charge on any atom is 0.337 e. The lowest BCUT2D eigenvalue weighted by molar-refractivity contribution is -0.138. The molecule has 1 aliphatic rings. The molecule has 20 heavy (non-hydrogen) atoms. The van der Waals surface area contributed by atoms with Crippen molar-refractivity contribution in [3.05, 3.63) is 17.5 Å². The number of rotatable bonds is 5. The first-order valence-electron chi connectivity index (χ1n) is 5.88. The van der Waals surface area contributed by atoms with Gasteiger partial charge in [-0.2, -0.15) is 0 Å². The van der Waals surface area contributed by atoms with E-state index in [2.05, 4.69) is 15.6 Å². The van der Waals surface area contributed by atoms with Crippen molar-refractivity contribution in [1.29, 1.82) is 0 Å². The van der Waals surface area contributed by atoms with Gasteiger partial charge in [0.25, 0.3) is 0 Å². The molecule has 0 unspecified atom stereocenters. The lowest BCUT2D eigenvalue weighted by Crippen LogP contribution is -2.44. The van der Waals surface area contributed by atoms with Gasteiger partial charge in [-0.25, -0.2) is 14.6 Å². The van der Waals surface area contributed by atoms with E-state index in [-0.39, 0.29) is 12.6 Å². The largest absolute Gasteiger partial charge is 0.463 e. The van der Waals surface area contributed by atoms with Crippen molar-refractivity contribution in [1.82, 2.24) is 15.6 Å². The number of nitrogen functional groups attached to an aromatic ring is 1. The summed E-state index contributed by atoms with van der Waals surface area (Å²) in [5.74, 6) is 0.0304. The maximum absolute atomic E-state index is 11.8. The summed E-state index contributed by atoms with van der Waals surface area (Å²) in [7, 11) is 0. The van der Waals surface area contributed by atoms with Gasteiger partial charge < -0.3 is 21.1 Å². The van der Waals surface area contributed by atoms with Crippen LogP contribution < -0.4 is 16.4 Å². The average Bonchev–Trinajstić information content (AvgIpc) is 2.82. The van der Waals surface area contributed by atoms with Crippen LogP contribution in [0.1, 0.15) is 6.92 Å². The van der Waals surface area contributed by atoms with Crippen LogP contribution in [0.25, 0.3) is 0 Å². The Hall–Kier alpha value is -1.74. The highest BCUT2D eigenvalue weighted by atomic mass is 32.2. The Morgan fingerprint density at radius 1 is 1.65 bits per heavy atom. The van der Waals surface area contributed by atoms with Crippen LogP contribution in [0, 0.1) is 0 Å². The number of esters is 1. The monoisotopic (exact) mass is 314 g/mol. The topological polar surface area (TPSA) is 106 Å². The van der Waals surface area contributed by atoms with Crippen LogP contribution in [0.15, 0.2) is 21.7 Å². The zero-order chi connectivity index (χ0) is 14.5. The Morgan fingerprint density at radius 2 is 2.45 bits per heavy atom. The van der Waals surface area contributed by atoms with Crippen molar-refractivity contribution in [3.8, 4) is 0 Å². The van der Waals surface area contributed by atoms with E-state index in [1.807, 2.05) is 0 Å². The van der Waals surface area contributed by atoms with Crippen LogP contribution in [0.3, 0.4) is 0 Å². The summed E-state index contributed by atoms with van der Waals surface area (Å²) >= 11 is 2.82. The summed E-state index contributed by atoms with van der Waals surface area (Å²) in [5, 5.41) is 5.69. The molecule has 1 aromatic rings. The second kappa shape index (κ2) is 6.62. The van der Waals surface area contributed by atoms with Gasteiger partial charge in [0.05, 0.1) is 29.1 Å². The zero-order valence-corrected chi connectivity index (χ0v) is 12.4. The number of hydrogen-bond donors (Lipinski definition) is 3. The predicted octanol–water partition coefficient (Wildman–Crippen LogP) is 0.947.